The summed E-state index contributed by atoms with van der Waals surface area (Å²) in [5.41, 5.74) is -0.709. The average molecular weight is 574 g/mol. The van der Waals surface area contributed by atoms with E-state index in [4.69, 9.17) is 0 Å². The standard InChI is InChI=1S/C23H22BrF3N2O5S/c1-28-17-10-16(24)21(30)15(11-29-8-2-3-9-29)19(17)20(22(31)32)18(28)12-35(33,34)14-6-4-13(5-7-14)23(25,26)27/h4-7,10,30H,2-3,8-9,11-12H2,1H3,(H,31,32)/p-1. The summed E-state index contributed by atoms with van der Waals surface area (Å²) >= 11 is 3.24. The van der Waals surface area contributed by atoms with E-state index in [1.54, 1.807) is 0 Å². The fraction of sp³-hybridized carbons (Fsp3) is 0.348. The summed E-state index contributed by atoms with van der Waals surface area (Å²) in [7, 11) is -2.71. The summed E-state index contributed by atoms with van der Waals surface area (Å²) in [5, 5.41) is 23.2. The molecular formula is C23H21BrF3N2O5S-. The predicted molar refractivity (Wildman–Crippen MR) is 124 cm³/mol. The van der Waals surface area contributed by atoms with Gasteiger partial charge in [0, 0.05) is 29.1 Å². The molecule has 1 aliphatic heterocycles. The number of rotatable bonds is 6. The van der Waals surface area contributed by atoms with Gasteiger partial charge in [-0.25, -0.2) is 13.2 Å². The Balaban J connectivity index is 1.85. The highest BCUT2D eigenvalue weighted by Gasteiger charge is 2.32. The molecular weight excluding hydrogens is 553 g/mol. The molecule has 35 heavy (non-hydrogen) atoms. The van der Waals surface area contributed by atoms with Crippen molar-refractivity contribution in [2.45, 2.75) is 36.2 Å². The van der Waals surface area contributed by atoms with E-state index in [1.807, 2.05) is 4.90 Å². The minimum atomic E-state index is -4.62. The van der Waals surface area contributed by atoms with E-state index in [-0.39, 0.29) is 43.9 Å². The minimum Gasteiger partial charge on any atom is -0.871 e. The number of aryl methyl sites for hydroxylation is 1. The molecule has 0 spiro atoms. The van der Waals surface area contributed by atoms with Gasteiger partial charge >= 0.3 is 12.1 Å². The van der Waals surface area contributed by atoms with Gasteiger partial charge in [0.1, 0.15) is 0 Å². The summed E-state index contributed by atoms with van der Waals surface area (Å²) in [5.74, 6) is -2.52. The number of carboxylic acid groups (broad SMARTS) is 1. The van der Waals surface area contributed by atoms with Crippen LogP contribution in [-0.4, -0.2) is 42.1 Å². The van der Waals surface area contributed by atoms with Gasteiger partial charge < -0.3 is 14.8 Å². The first-order valence-corrected chi connectivity index (χ1v) is 13.1. The topological polar surface area (TPSA) is 103 Å². The molecule has 1 fully saturated rings. The molecule has 0 bridgehead atoms. The molecule has 188 valence electrons. The van der Waals surface area contributed by atoms with Gasteiger partial charge in [-0.15, -0.1) is 0 Å². The van der Waals surface area contributed by atoms with Crippen LogP contribution >= 0.6 is 15.9 Å². The third-order valence-electron chi connectivity index (χ3n) is 6.28. The molecule has 1 aromatic heterocycles. The molecule has 1 aliphatic rings. The van der Waals surface area contributed by atoms with Crippen molar-refractivity contribution in [3.63, 3.8) is 0 Å². The van der Waals surface area contributed by atoms with Crippen LogP contribution in [-0.2, 0) is 35.4 Å². The lowest BCUT2D eigenvalue weighted by Gasteiger charge is -2.23. The predicted octanol–water partition coefficient (Wildman–Crippen LogP) is 4.30. The molecule has 0 unspecified atom stereocenters. The molecule has 2 aromatic carbocycles. The number of nitrogens with zero attached hydrogens (tertiary/aromatic N) is 2. The van der Waals surface area contributed by atoms with Crippen molar-refractivity contribution >= 4 is 42.6 Å². The van der Waals surface area contributed by atoms with Crippen molar-refractivity contribution < 1.29 is 36.6 Å². The van der Waals surface area contributed by atoms with Crippen LogP contribution in [0.25, 0.3) is 10.9 Å². The highest BCUT2D eigenvalue weighted by Crippen LogP contribution is 2.39. The number of sulfone groups is 1. The SMILES string of the molecule is Cn1c(CS(=O)(=O)c2ccc(C(F)(F)F)cc2)c(C(=O)O)c2c(CN3CCCC3)c([O-])c(Br)cc21. The van der Waals surface area contributed by atoms with Crippen LogP contribution in [0.3, 0.4) is 0 Å². The maximum Gasteiger partial charge on any atom is 0.416 e. The van der Waals surface area contributed by atoms with Gasteiger partial charge in [-0.3, -0.25) is 4.90 Å². The number of benzene rings is 2. The van der Waals surface area contributed by atoms with E-state index in [1.165, 1.54) is 17.7 Å². The summed E-state index contributed by atoms with van der Waals surface area (Å²) in [6.45, 7) is 1.75. The number of carboxylic acids is 1. The van der Waals surface area contributed by atoms with E-state index in [9.17, 15) is 36.6 Å². The zero-order valence-electron chi connectivity index (χ0n) is 18.5. The molecule has 1 N–H and O–H groups in total. The fourth-order valence-corrected chi connectivity index (χ4v) is 6.37. The summed E-state index contributed by atoms with van der Waals surface area (Å²) in [6, 6.07) is 4.51. The first kappa shape index (κ1) is 25.5. The molecule has 0 atom stereocenters. The molecule has 2 heterocycles. The second kappa shape index (κ2) is 9.14. The Labute approximate surface area is 207 Å². The van der Waals surface area contributed by atoms with Crippen LogP contribution in [0.4, 0.5) is 13.2 Å². The van der Waals surface area contributed by atoms with E-state index < -0.39 is 33.3 Å². The number of aromatic nitrogens is 1. The number of carbonyl (C=O) groups is 1. The maximum atomic E-state index is 13.1. The van der Waals surface area contributed by atoms with Crippen molar-refractivity contribution in [1.29, 1.82) is 0 Å². The monoisotopic (exact) mass is 573 g/mol. The lowest BCUT2D eigenvalue weighted by Crippen LogP contribution is -2.20. The minimum absolute atomic E-state index is 0.0624. The van der Waals surface area contributed by atoms with E-state index in [0.717, 1.165) is 38.1 Å². The normalized spacial score (nSPS) is 15.2. The van der Waals surface area contributed by atoms with Crippen LogP contribution in [0.1, 0.15) is 40.0 Å². The average Bonchev–Trinajstić information content (AvgIpc) is 3.38. The number of alkyl halides is 3. The van der Waals surface area contributed by atoms with Crippen molar-refractivity contribution in [2.75, 3.05) is 13.1 Å². The van der Waals surface area contributed by atoms with E-state index >= 15 is 0 Å². The quantitative estimate of drug-likeness (QED) is 0.471. The first-order valence-electron chi connectivity index (χ1n) is 10.7. The van der Waals surface area contributed by atoms with E-state index in [0.29, 0.717) is 17.6 Å². The van der Waals surface area contributed by atoms with Crippen molar-refractivity contribution in [1.82, 2.24) is 9.47 Å². The molecule has 1 saturated heterocycles. The second-order valence-electron chi connectivity index (χ2n) is 8.51. The molecule has 0 amide bonds. The number of hydrogen-bond acceptors (Lipinski definition) is 5. The highest BCUT2D eigenvalue weighted by atomic mass is 79.9. The molecule has 0 radical (unpaired) electrons. The summed E-state index contributed by atoms with van der Waals surface area (Å²) in [4.78, 5) is 14.0. The Morgan fingerprint density at radius 3 is 2.31 bits per heavy atom. The van der Waals surface area contributed by atoms with Gasteiger partial charge in [0.25, 0.3) is 0 Å². The Bertz CT molecular complexity index is 1410. The smallest absolute Gasteiger partial charge is 0.416 e. The third-order valence-corrected chi connectivity index (χ3v) is 8.51. The maximum absolute atomic E-state index is 13.1. The second-order valence-corrected chi connectivity index (χ2v) is 11.4. The Hall–Kier alpha value is -2.57. The third kappa shape index (κ3) is 4.78. The molecule has 12 heteroatoms. The Morgan fingerprint density at radius 1 is 1.17 bits per heavy atom. The van der Waals surface area contributed by atoms with Crippen molar-refractivity contribution in [3.05, 3.63) is 57.2 Å². The first-order chi connectivity index (χ1) is 16.3. The van der Waals surface area contributed by atoms with Crippen LogP contribution in [0.5, 0.6) is 5.75 Å². The summed E-state index contributed by atoms with van der Waals surface area (Å²) < 4.78 is 66.5. The lowest BCUT2D eigenvalue weighted by atomic mass is 10.0. The number of fused-ring (bicyclic) bond motifs is 1. The van der Waals surface area contributed by atoms with Gasteiger partial charge in [0.05, 0.1) is 27.3 Å². The van der Waals surface area contributed by atoms with Gasteiger partial charge in [-0.1, -0.05) is 21.7 Å². The highest BCUT2D eigenvalue weighted by molar-refractivity contribution is 9.10. The number of likely N-dealkylation sites (tertiary alicyclic amines) is 1. The zero-order valence-corrected chi connectivity index (χ0v) is 20.9. The van der Waals surface area contributed by atoms with Crippen LogP contribution in [0.2, 0.25) is 0 Å². The molecule has 4 rings (SSSR count). The van der Waals surface area contributed by atoms with Gasteiger partial charge in [0.2, 0.25) is 0 Å². The molecule has 3 aromatic rings. The molecule has 0 saturated carbocycles. The molecule has 7 nitrogen and oxygen atoms in total. The fourth-order valence-electron chi connectivity index (χ4n) is 4.50. The van der Waals surface area contributed by atoms with Gasteiger partial charge in [-0.2, -0.15) is 13.2 Å². The van der Waals surface area contributed by atoms with Gasteiger partial charge in [-0.05, 0) is 61.8 Å². The summed E-state index contributed by atoms with van der Waals surface area (Å²) in [6.07, 6.45) is -2.70. The lowest BCUT2D eigenvalue weighted by molar-refractivity contribution is -0.270. The van der Waals surface area contributed by atoms with Crippen LogP contribution in [0, 0.1) is 0 Å². The van der Waals surface area contributed by atoms with Crippen molar-refractivity contribution in [2.24, 2.45) is 7.05 Å². The number of hydrogen-bond donors (Lipinski definition) is 1. The largest absolute Gasteiger partial charge is 0.871 e. The molecule has 0 aliphatic carbocycles. The van der Waals surface area contributed by atoms with Crippen LogP contribution < -0.4 is 5.11 Å². The van der Waals surface area contributed by atoms with Crippen molar-refractivity contribution in [3.8, 4) is 5.75 Å². The number of halogens is 4. The zero-order chi connectivity index (χ0) is 25.7. The number of aromatic carboxylic acids is 1. The Morgan fingerprint density at radius 2 is 1.77 bits per heavy atom. The van der Waals surface area contributed by atoms with Gasteiger partial charge in [0.15, 0.2) is 9.84 Å². The van der Waals surface area contributed by atoms with E-state index in [2.05, 4.69) is 15.9 Å². The Kier molecular flexibility index (Phi) is 6.66. The van der Waals surface area contributed by atoms with Crippen LogP contribution in [0.15, 0.2) is 39.7 Å².